The summed E-state index contributed by atoms with van der Waals surface area (Å²) in [6.07, 6.45) is 0.147. The summed E-state index contributed by atoms with van der Waals surface area (Å²) in [5.41, 5.74) is 6.54. The fraction of sp³-hybridized carbons (Fsp3) is 0.263. The van der Waals surface area contributed by atoms with Gasteiger partial charge in [-0.3, -0.25) is 20.4 Å². The van der Waals surface area contributed by atoms with Crippen molar-refractivity contribution >= 4 is 23.4 Å². The first kappa shape index (κ1) is 18.8. The molecular weight excluding hydrogens is 340 g/mol. The maximum absolute atomic E-state index is 11.8. The number of hydrazine groups is 1. The number of amides is 2. The number of hydrogen-bond donors (Lipinski definition) is 2. The number of nitrogens with one attached hydrogen (secondary N) is 2. The Hall–Kier alpha value is -2.53. The van der Waals surface area contributed by atoms with Crippen LogP contribution in [0.1, 0.15) is 30.9 Å². The average Bonchev–Trinajstić information content (AvgIpc) is 2.60. The van der Waals surface area contributed by atoms with E-state index in [0.29, 0.717) is 16.7 Å². The summed E-state index contributed by atoms with van der Waals surface area (Å²) in [6.45, 7) is 3.93. The Morgan fingerprint density at radius 1 is 1.00 bits per heavy atom. The topological polar surface area (TPSA) is 67.4 Å². The quantitative estimate of drug-likeness (QED) is 0.777. The zero-order valence-corrected chi connectivity index (χ0v) is 15.0. The molecule has 2 rings (SSSR count). The van der Waals surface area contributed by atoms with Crippen molar-refractivity contribution in [1.82, 2.24) is 10.9 Å². The summed E-state index contributed by atoms with van der Waals surface area (Å²) < 4.78 is 5.55. The monoisotopic (exact) mass is 360 g/mol. The van der Waals surface area contributed by atoms with Crippen molar-refractivity contribution in [3.05, 3.63) is 64.7 Å². The fourth-order valence-electron chi connectivity index (χ4n) is 2.24. The second kappa shape index (κ2) is 9.08. The summed E-state index contributed by atoms with van der Waals surface area (Å²) in [6, 6.07) is 14.5. The summed E-state index contributed by atoms with van der Waals surface area (Å²) in [4.78, 5) is 23.7. The lowest BCUT2D eigenvalue weighted by Gasteiger charge is -2.14. The molecule has 0 aliphatic carbocycles. The van der Waals surface area contributed by atoms with Crippen LogP contribution in [-0.2, 0) is 16.0 Å². The van der Waals surface area contributed by atoms with Crippen LogP contribution in [0.4, 0.5) is 0 Å². The normalized spacial score (nSPS) is 10.4. The maximum Gasteiger partial charge on any atom is 0.276 e. The number of carbonyl (C=O) groups is 2. The summed E-state index contributed by atoms with van der Waals surface area (Å²) in [5, 5.41) is 0.608. The highest BCUT2D eigenvalue weighted by Crippen LogP contribution is 2.25. The second-order valence-corrected chi connectivity index (χ2v) is 6.32. The largest absolute Gasteiger partial charge is 0.483 e. The smallest absolute Gasteiger partial charge is 0.276 e. The van der Waals surface area contributed by atoms with E-state index in [1.807, 2.05) is 24.3 Å². The van der Waals surface area contributed by atoms with Gasteiger partial charge in [-0.25, -0.2) is 0 Å². The van der Waals surface area contributed by atoms with E-state index in [4.69, 9.17) is 16.3 Å². The molecule has 2 aromatic carbocycles. The maximum atomic E-state index is 11.8. The molecule has 2 N–H and O–H groups in total. The van der Waals surface area contributed by atoms with Crippen molar-refractivity contribution in [2.45, 2.75) is 26.2 Å². The molecule has 6 heteroatoms. The first-order chi connectivity index (χ1) is 12.0. The molecule has 25 heavy (non-hydrogen) atoms. The molecule has 0 aliphatic heterocycles. The Balaban J connectivity index is 1.77. The van der Waals surface area contributed by atoms with Gasteiger partial charge in [0.15, 0.2) is 6.61 Å². The highest BCUT2D eigenvalue weighted by atomic mass is 35.5. The van der Waals surface area contributed by atoms with Crippen LogP contribution in [0.25, 0.3) is 0 Å². The molecule has 0 atom stereocenters. The van der Waals surface area contributed by atoms with Crippen LogP contribution < -0.4 is 15.6 Å². The molecule has 0 saturated carbocycles. The van der Waals surface area contributed by atoms with Gasteiger partial charge in [0.25, 0.3) is 5.91 Å². The van der Waals surface area contributed by atoms with Crippen LogP contribution in [-0.4, -0.2) is 18.4 Å². The highest BCUT2D eigenvalue weighted by Gasteiger charge is 2.10. The third kappa shape index (κ3) is 6.12. The zero-order valence-electron chi connectivity index (χ0n) is 14.2. The molecule has 0 bridgehead atoms. The fourth-order valence-corrected chi connectivity index (χ4v) is 2.37. The predicted molar refractivity (Wildman–Crippen MR) is 97.5 cm³/mol. The molecule has 2 aromatic rings. The van der Waals surface area contributed by atoms with Crippen molar-refractivity contribution in [3.8, 4) is 5.75 Å². The highest BCUT2D eigenvalue weighted by molar-refractivity contribution is 6.30. The molecule has 0 aliphatic rings. The predicted octanol–water partition coefficient (Wildman–Crippen LogP) is 3.23. The summed E-state index contributed by atoms with van der Waals surface area (Å²) >= 11 is 5.80. The summed E-state index contributed by atoms with van der Waals surface area (Å²) in [7, 11) is 0. The Morgan fingerprint density at radius 3 is 2.32 bits per heavy atom. The molecule has 2 amide bonds. The van der Waals surface area contributed by atoms with Gasteiger partial charge in [-0.05, 0) is 35.2 Å². The first-order valence-corrected chi connectivity index (χ1v) is 8.37. The van der Waals surface area contributed by atoms with Crippen LogP contribution in [0.15, 0.2) is 48.5 Å². The second-order valence-electron chi connectivity index (χ2n) is 5.88. The lowest BCUT2D eigenvalue weighted by atomic mass is 10.0. The molecule has 0 fully saturated rings. The molecule has 0 saturated heterocycles. The number of ether oxygens (including phenoxy) is 1. The van der Waals surface area contributed by atoms with Gasteiger partial charge in [0.2, 0.25) is 5.91 Å². The standard InChI is InChI=1S/C19H21ClN2O3/c1-13(2)16-5-3-4-6-17(16)25-12-19(24)22-21-18(23)11-14-7-9-15(20)10-8-14/h3-10,13H,11-12H2,1-2H3,(H,21,23)(H,22,24). The van der Waals surface area contributed by atoms with Gasteiger partial charge in [-0.2, -0.15) is 0 Å². The molecule has 0 unspecified atom stereocenters. The number of halogens is 1. The van der Waals surface area contributed by atoms with E-state index in [9.17, 15) is 9.59 Å². The van der Waals surface area contributed by atoms with Crippen molar-refractivity contribution in [3.63, 3.8) is 0 Å². The van der Waals surface area contributed by atoms with Crippen LogP contribution in [0.5, 0.6) is 5.75 Å². The molecule has 0 aromatic heterocycles. The Bertz CT molecular complexity index is 730. The van der Waals surface area contributed by atoms with Crippen LogP contribution in [0, 0.1) is 0 Å². The van der Waals surface area contributed by atoms with Crippen LogP contribution in [0.3, 0.4) is 0 Å². The van der Waals surface area contributed by atoms with Crippen LogP contribution >= 0.6 is 11.6 Å². The third-order valence-corrected chi connectivity index (χ3v) is 3.77. The van der Waals surface area contributed by atoms with Crippen LogP contribution in [0.2, 0.25) is 5.02 Å². The minimum atomic E-state index is -0.428. The third-order valence-electron chi connectivity index (χ3n) is 3.52. The van der Waals surface area contributed by atoms with Crippen molar-refractivity contribution in [2.24, 2.45) is 0 Å². The number of benzene rings is 2. The molecule has 0 radical (unpaired) electrons. The van der Waals surface area contributed by atoms with Gasteiger partial charge in [-0.15, -0.1) is 0 Å². The van der Waals surface area contributed by atoms with E-state index >= 15 is 0 Å². The molecule has 132 valence electrons. The number of hydrogen-bond acceptors (Lipinski definition) is 3. The lowest BCUT2D eigenvalue weighted by molar-refractivity contribution is -0.129. The van der Waals surface area contributed by atoms with Gasteiger partial charge >= 0.3 is 0 Å². The molecule has 0 spiro atoms. The summed E-state index contributed by atoms with van der Waals surface area (Å²) in [5.74, 6) is 0.208. The molecule has 5 nitrogen and oxygen atoms in total. The number of carbonyl (C=O) groups excluding carboxylic acids is 2. The van der Waals surface area contributed by atoms with E-state index < -0.39 is 5.91 Å². The van der Waals surface area contributed by atoms with Gasteiger partial charge < -0.3 is 4.74 Å². The van der Waals surface area contributed by atoms with E-state index in [1.54, 1.807) is 24.3 Å². The Labute approximate surface area is 152 Å². The minimum Gasteiger partial charge on any atom is -0.483 e. The number of para-hydroxylation sites is 1. The van der Waals surface area contributed by atoms with E-state index in [-0.39, 0.29) is 18.9 Å². The molecular formula is C19H21ClN2O3. The van der Waals surface area contributed by atoms with E-state index in [2.05, 4.69) is 24.7 Å². The zero-order chi connectivity index (χ0) is 18.2. The molecule has 0 heterocycles. The Kier molecular flexibility index (Phi) is 6.83. The Morgan fingerprint density at radius 2 is 1.64 bits per heavy atom. The number of rotatable bonds is 6. The SMILES string of the molecule is CC(C)c1ccccc1OCC(=O)NNC(=O)Cc1ccc(Cl)cc1. The van der Waals surface area contributed by atoms with Gasteiger partial charge in [0.05, 0.1) is 6.42 Å². The van der Waals surface area contributed by atoms with Gasteiger partial charge in [0.1, 0.15) is 5.75 Å². The van der Waals surface area contributed by atoms with Crippen molar-refractivity contribution in [1.29, 1.82) is 0 Å². The van der Waals surface area contributed by atoms with Crippen molar-refractivity contribution in [2.75, 3.05) is 6.61 Å². The lowest BCUT2D eigenvalue weighted by Crippen LogP contribution is -2.44. The minimum absolute atomic E-state index is 0.147. The average molecular weight is 361 g/mol. The van der Waals surface area contributed by atoms with Gasteiger partial charge in [-0.1, -0.05) is 55.8 Å². The van der Waals surface area contributed by atoms with Crippen molar-refractivity contribution < 1.29 is 14.3 Å². The van der Waals surface area contributed by atoms with Gasteiger partial charge in [0, 0.05) is 5.02 Å². The van der Waals surface area contributed by atoms with E-state index in [0.717, 1.165) is 11.1 Å². The first-order valence-electron chi connectivity index (χ1n) is 7.99. The van der Waals surface area contributed by atoms with E-state index in [1.165, 1.54) is 0 Å².